The number of hydrazone groups is 2. The van der Waals surface area contributed by atoms with Crippen LogP contribution in [0.4, 0.5) is 17.1 Å². The third kappa shape index (κ3) is 7.28. The first-order valence-electron chi connectivity index (χ1n) is 14.6. The Morgan fingerprint density at radius 3 is 1.58 bits per heavy atom. The lowest BCUT2D eigenvalue weighted by Gasteiger charge is -2.17. The molecule has 0 aliphatic heterocycles. The van der Waals surface area contributed by atoms with Gasteiger partial charge in [0.1, 0.15) is 27.0 Å². The van der Waals surface area contributed by atoms with Gasteiger partial charge in [0.05, 0.1) is 16.3 Å². The van der Waals surface area contributed by atoms with Crippen LogP contribution in [0.5, 0.6) is 11.5 Å². The molecule has 0 amide bonds. The average Bonchev–Trinajstić information content (AvgIpc) is 3.06. The molecule has 0 radical (unpaired) electrons. The van der Waals surface area contributed by atoms with E-state index in [0.717, 1.165) is 30.4 Å². The predicted molar refractivity (Wildman–Crippen MR) is 192 cm³/mol. The van der Waals surface area contributed by atoms with Crippen LogP contribution in [0, 0.1) is 0 Å². The Balaban J connectivity index is 1.26. The number of anilines is 3. The van der Waals surface area contributed by atoms with Gasteiger partial charge in [-0.25, -0.2) is 0 Å². The molecule has 0 fully saturated rings. The zero-order valence-corrected chi connectivity index (χ0v) is 28.7. The number of hydrogen-bond donors (Lipinski definition) is 8. The minimum absolute atomic E-state index is 0.0687. The van der Waals surface area contributed by atoms with Gasteiger partial charge in [0.25, 0.3) is 30.4 Å². The molecule has 21 heteroatoms. The summed E-state index contributed by atoms with van der Waals surface area (Å²) in [5.74, 6) is -2.97. The van der Waals surface area contributed by atoms with E-state index in [4.69, 9.17) is 5.73 Å². The van der Waals surface area contributed by atoms with E-state index >= 15 is 0 Å². The van der Waals surface area contributed by atoms with E-state index in [1.54, 1.807) is 0 Å². The molecule has 9 N–H and O–H groups in total. The number of hydrogen-bond acceptors (Lipinski definition) is 15. The van der Waals surface area contributed by atoms with E-state index < -0.39 is 79.5 Å². The molecule has 2 aliphatic rings. The van der Waals surface area contributed by atoms with Crippen molar-refractivity contribution in [2.24, 2.45) is 10.2 Å². The van der Waals surface area contributed by atoms with Crippen LogP contribution < -0.4 is 16.6 Å². The molecule has 0 saturated heterocycles. The zero-order chi connectivity index (χ0) is 38.6. The maximum atomic E-state index is 13.1. The minimum Gasteiger partial charge on any atom is -0.506 e. The number of carbonyl (C=O) groups excluding carboxylic acids is 2. The van der Waals surface area contributed by atoms with E-state index in [1.165, 1.54) is 54.6 Å². The van der Waals surface area contributed by atoms with E-state index in [9.17, 15) is 58.7 Å². The quantitative estimate of drug-likeness (QED) is 0.0551. The average molecular weight is 782 g/mol. The lowest BCUT2D eigenvalue weighted by molar-refractivity contribution is -0.109. The van der Waals surface area contributed by atoms with E-state index in [-0.39, 0.29) is 39.3 Å². The molecule has 0 aromatic heterocycles. The number of rotatable bonds is 8. The molecule has 53 heavy (non-hydrogen) atoms. The summed E-state index contributed by atoms with van der Waals surface area (Å²) in [5.41, 5.74) is 10.0. The third-order valence-electron chi connectivity index (χ3n) is 7.82. The van der Waals surface area contributed by atoms with Crippen LogP contribution in [-0.4, -0.2) is 72.1 Å². The standard InChI is InChI=1S/C32H23N5O13S3/c33-19-3-5-22-17(9-19)13-27(52(45,46)47)30(31(22)40)37-35-24-8-2-16(12-26(24)39)15-1-7-23(25(38)11-15)34-36-29-21-6-4-20(51(42,43)44)10-18(21)14-28(32(29)41)53(48,49)50/h1-14,34-35,38-39H,33H2,(H,42,43,44)(H,45,46,47)(H,48,49,50). The summed E-state index contributed by atoms with van der Waals surface area (Å²) in [6, 6.07) is 15.1. The van der Waals surface area contributed by atoms with Gasteiger partial charge < -0.3 is 15.9 Å². The number of nitrogens with one attached hydrogen (secondary N) is 2. The molecular formula is C32H23N5O13S3. The molecule has 4 aromatic rings. The maximum Gasteiger partial charge on any atom is 0.298 e. The summed E-state index contributed by atoms with van der Waals surface area (Å²) in [5, 5.41) is 29.2. The van der Waals surface area contributed by atoms with Crippen LogP contribution in [0.25, 0.3) is 23.3 Å². The molecule has 0 unspecified atom stereocenters. The second-order valence-corrected chi connectivity index (χ2v) is 15.5. The van der Waals surface area contributed by atoms with Gasteiger partial charge in [0, 0.05) is 16.8 Å². The number of carbonyl (C=O) groups is 2. The number of phenols is 2. The van der Waals surface area contributed by atoms with E-state index in [2.05, 4.69) is 21.1 Å². The first kappa shape index (κ1) is 36.6. The van der Waals surface area contributed by atoms with E-state index in [1.807, 2.05) is 0 Å². The molecule has 0 spiro atoms. The number of fused-ring (bicyclic) bond motifs is 2. The number of benzene rings is 4. The fraction of sp³-hybridized carbons (Fsp3) is 0. The van der Waals surface area contributed by atoms with Crippen molar-refractivity contribution < 1.29 is 58.7 Å². The first-order valence-corrected chi connectivity index (χ1v) is 18.9. The van der Waals surface area contributed by atoms with Crippen LogP contribution in [0.3, 0.4) is 0 Å². The number of Topliss-reactive ketones (excluding diaryl/α,β-unsaturated/α-hetero) is 2. The number of allylic oxidation sites excluding steroid dienone is 2. The first-order chi connectivity index (χ1) is 24.7. The Labute approximate surface area is 299 Å². The second-order valence-electron chi connectivity index (χ2n) is 11.3. The van der Waals surface area contributed by atoms with Crippen molar-refractivity contribution in [3.05, 3.63) is 105 Å². The van der Waals surface area contributed by atoms with Crippen molar-refractivity contribution in [2.45, 2.75) is 4.90 Å². The molecule has 0 saturated carbocycles. The maximum absolute atomic E-state index is 13.1. The molecule has 18 nitrogen and oxygen atoms in total. The van der Waals surface area contributed by atoms with Crippen LogP contribution in [-0.2, 0) is 35.1 Å². The fourth-order valence-electron chi connectivity index (χ4n) is 5.29. The van der Waals surface area contributed by atoms with Gasteiger partial charge in [0.2, 0.25) is 11.6 Å². The topological polar surface area (TPSA) is 313 Å². The van der Waals surface area contributed by atoms with Gasteiger partial charge in [-0.3, -0.25) is 34.1 Å². The molecule has 6 rings (SSSR count). The van der Waals surface area contributed by atoms with Crippen LogP contribution in [0.1, 0.15) is 27.0 Å². The molecule has 0 bridgehead atoms. The van der Waals surface area contributed by atoms with Gasteiger partial charge in [0.15, 0.2) is 5.71 Å². The fourth-order valence-corrected chi connectivity index (χ4v) is 7.07. The summed E-state index contributed by atoms with van der Waals surface area (Å²) in [7, 11) is -14.8. The Hall–Kier alpha value is -6.23. The Kier molecular flexibility index (Phi) is 9.02. The molecule has 0 atom stereocenters. The van der Waals surface area contributed by atoms with E-state index in [0.29, 0.717) is 11.1 Å². The van der Waals surface area contributed by atoms with Crippen LogP contribution in [0.15, 0.2) is 97.7 Å². The van der Waals surface area contributed by atoms with Gasteiger partial charge >= 0.3 is 0 Å². The molecular weight excluding hydrogens is 759 g/mol. The van der Waals surface area contributed by atoms with Crippen molar-refractivity contribution in [2.75, 3.05) is 16.6 Å². The van der Waals surface area contributed by atoms with Gasteiger partial charge in [-0.1, -0.05) is 18.2 Å². The summed E-state index contributed by atoms with van der Waals surface area (Å²) in [6.45, 7) is 0. The van der Waals surface area contributed by atoms with Gasteiger partial charge in [-0.2, -0.15) is 35.5 Å². The normalized spacial score (nSPS) is 16.1. The SMILES string of the molecule is Nc1ccc2c(c1)C=C(S(=O)(=O)O)C(=NNc1ccc(-c3ccc(NN=C4C(=O)C(S(=O)(=O)O)=Cc5cc(S(=O)(=O)O)ccc54)c(O)c3)cc1O)C2=O. The highest BCUT2D eigenvalue weighted by Gasteiger charge is 2.35. The van der Waals surface area contributed by atoms with Crippen LogP contribution >= 0.6 is 0 Å². The molecule has 272 valence electrons. The van der Waals surface area contributed by atoms with Crippen molar-refractivity contribution in [3.63, 3.8) is 0 Å². The Morgan fingerprint density at radius 1 is 0.547 bits per heavy atom. The summed E-state index contributed by atoms with van der Waals surface area (Å²) in [4.78, 5) is 23.5. The number of phenolic OH excluding ortho intramolecular Hbond substituents is 2. The highest BCUT2D eigenvalue weighted by molar-refractivity contribution is 7.91. The predicted octanol–water partition coefficient (Wildman–Crippen LogP) is 3.11. The number of nitrogens with two attached hydrogens (primary N) is 1. The summed E-state index contributed by atoms with van der Waals surface area (Å²) in [6.07, 6.45) is 1.75. The Bertz CT molecular complexity index is 2770. The third-order valence-corrected chi connectivity index (χ3v) is 10.4. The molecule has 4 aromatic carbocycles. The largest absolute Gasteiger partial charge is 0.506 e. The minimum atomic E-state index is -5.11. The van der Waals surface area contributed by atoms with Crippen LogP contribution in [0.2, 0.25) is 0 Å². The molecule has 2 aliphatic carbocycles. The van der Waals surface area contributed by atoms with Crippen molar-refractivity contribution >= 4 is 82.6 Å². The number of ketones is 2. The molecule has 0 heterocycles. The second kappa shape index (κ2) is 13.1. The Morgan fingerprint density at radius 2 is 1.06 bits per heavy atom. The summed E-state index contributed by atoms with van der Waals surface area (Å²) >= 11 is 0. The number of nitrogen functional groups attached to an aromatic ring is 1. The van der Waals surface area contributed by atoms with Crippen molar-refractivity contribution in [1.82, 2.24) is 0 Å². The highest BCUT2D eigenvalue weighted by atomic mass is 32.2. The highest BCUT2D eigenvalue weighted by Crippen LogP contribution is 2.35. The summed E-state index contributed by atoms with van der Waals surface area (Å²) < 4.78 is 99.9. The lowest BCUT2D eigenvalue weighted by Crippen LogP contribution is -2.27. The monoisotopic (exact) mass is 781 g/mol. The lowest BCUT2D eigenvalue weighted by atomic mass is 9.94. The van der Waals surface area contributed by atoms with Crippen molar-refractivity contribution in [3.8, 4) is 22.6 Å². The smallest absolute Gasteiger partial charge is 0.298 e. The van der Waals surface area contributed by atoms with Gasteiger partial charge in [-0.15, -0.1) is 0 Å². The number of nitrogens with zero attached hydrogens (tertiary/aromatic N) is 2. The zero-order valence-electron chi connectivity index (χ0n) is 26.3. The van der Waals surface area contributed by atoms with Crippen molar-refractivity contribution in [1.29, 1.82) is 0 Å². The van der Waals surface area contributed by atoms with Gasteiger partial charge in [-0.05, 0) is 89.0 Å². The number of aromatic hydroxyl groups is 2.